The lowest BCUT2D eigenvalue weighted by molar-refractivity contribution is -0.384. The Labute approximate surface area is 111 Å². The second-order valence-electron chi connectivity index (χ2n) is 3.47. The van der Waals surface area contributed by atoms with Crippen molar-refractivity contribution in [2.45, 2.75) is 0 Å². The van der Waals surface area contributed by atoms with Gasteiger partial charge in [-0.15, -0.1) is 0 Å². The molecule has 92 valence electrons. The number of nitro benzene ring substituents is 1. The Kier molecular flexibility index (Phi) is 3.47. The van der Waals surface area contributed by atoms with Gasteiger partial charge < -0.3 is 9.84 Å². The maximum Gasteiger partial charge on any atom is 0.273 e. The number of ether oxygens (including phenoxy) is 1. The molecule has 2 aromatic rings. The van der Waals surface area contributed by atoms with Crippen LogP contribution in [0.4, 0.5) is 5.69 Å². The van der Waals surface area contributed by atoms with Crippen LogP contribution in [0.25, 0.3) is 0 Å². The molecule has 0 amide bonds. The van der Waals surface area contributed by atoms with Crippen LogP contribution in [0.2, 0.25) is 0 Å². The number of hydrogen-bond acceptors (Lipinski definition) is 4. The molecule has 0 aliphatic carbocycles. The summed E-state index contributed by atoms with van der Waals surface area (Å²) in [5, 5.41) is 20.2. The van der Waals surface area contributed by atoms with E-state index in [0.29, 0.717) is 5.75 Å². The molecule has 0 aliphatic heterocycles. The molecule has 6 heteroatoms. The highest BCUT2D eigenvalue weighted by Crippen LogP contribution is 2.34. The zero-order valence-corrected chi connectivity index (χ0v) is 10.6. The van der Waals surface area contributed by atoms with Crippen molar-refractivity contribution in [2.24, 2.45) is 0 Å². The van der Waals surface area contributed by atoms with Gasteiger partial charge >= 0.3 is 0 Å². The monoisotopic (exact) mass is 309 g/mol. The van der Waals surface area contributed by atoms with Gasteiger partial charge in [0.1, 0.15) is 5.75 Å². The number of phenolic OH excluding ortho intramolecular Hbond substituents is 1. The van der Waals surface area contributed by atoms with Crippen LogP contribution < -0.4 is 4.74 Å². The van der Waals surface area contributed by atoms with Crippen molar-refractivity contribution in [3.05, 3.63) is 57.1 Å². The highest BCUT2D eigenvalue weighted by molar-refractivity contribution is 9.10. The van der Waals surface area contributed by atoms with Crippen LogP contribution in [0.1, 0.15) is 0 Å². The summed E-state index contributed by atoms with van der Waals surface area (Å²) in [6, 6.07) is 10.5. The average molecular weight is 310 g/mol. The molecule has 0 saturated carbocycles. The third kappa shape index (κ3) is 2.78. The van der Waals surface area contributed by atoms with E-state index in [1.807, 2.05) is 0 Å². The molecule has 18 heavy (non-hydrogen) atoms. The van der Waals surface area contributed by atoms with Gasteiger partial charge in [0.25, 0.3) is 5.69 Å². The number of benzene rings is 2. The van der Waals surface area contributed by atoms with Gasteiger partial charge in [0.15, 0.2) is 11.5 Å². The molecule has 2 aromatic carbocycles. The number of phenols is 1. The zero-order chi connectivity index (χ0) is 13.1. The van der Waals surface area contributed by atoms with E-state index in [2.05, 4.69) is 15.9 Å². The van der Waals surface area contributed by atoms with E-state index in [0.717, 1.165) is 4.47 Å². The maximum atomic E-state index is 10.6. The molecule has 1 N–H and O–H groups in total. The van der Waals surface area contributed by atoms with Crippen molar-refractivity contribution in [1.82, 2.24) is 0 Å². The van der Waals surface area contributed by atoms with Crippen molar-refractivity contribution < 1.29 is 14.8 Å². The summed E-state index contributed by atoms with van der Waals surface area (Å²) in [5.41, 5.74) is -0.139. The van der Waals surface area contributed by atoms with Gasteiger partial charge in [0.2, 0.25) is 0 Å². The first-order valence-electron chi connectivity index (χ1n) is 4.97. The van der Waals surface area contributed by atoms with E-state index in [9.17, 15) is 15.2 Å². The van der Waals surface area contributed by atoms with Crippen LogP contribution in [0, 0.1) is 10.1 Å². The predicted octanol–water partition coefficient (Wildman–Crippen LogP) is 3.86. The lowest BCUT2D eigenvalue weighted by Gasteiger charge is -2.07. The van der Waals surface area contributed by atoms with Crippen molar-refractivity contribution in [3.8, 4) is 17.2 Å². The number of hydrogen-bond donors (Lipinski definition) is 1. The van der Waals surface area contributed by atoms with E-state index in [4.69, 9.17) is 4.74 Å². The molecule has 0 bridgehead atoms. The Morgan fingerprint density at radius 2 is 1.83 bits per heavy atom. The molecule has 0 aliphatic rings. The smallest absolute Gasteiger partial charge is 0.273 e. The van der Waals surface area contributed by atoms with Crippen molar-refractivity contribution in [3.63, 3.8) is 0 Å². The third-order valence-corrected chi connectivity index (χ3v) is 2.72. The van der Waals surface area contributed by atoms with Gasteiger partial charge in [-0.1, -0.05) is 15.9 Å². The summed E-state index contributed by atoms with van der Waals surface area (Å²) in [6.45, 7) is 0. The number of nitro groups is 1. The van der Waals surface area contributed by atoms with E-state index < -0.39 is 4.92 Å². The summed E-state index contributed by atoms with van der Waals surface area (Å²) < 4.78 is 6.27. The lowest BCUT2D eigenvalue weighted by Crippen LogP contribution is -1.90. The Bertz CT molecular complexity index is 583. The summed E-state index contributed by atoms with van der Waals surface area (Å²) in [6.07, 6.45) is 0. The summed E-state index contributed by atoms with van der Waals surface area (Å²) in [7, 11) is 0. The van der Waals surface area contributed by atoms with Gasteiger partial charge in [-0.05, 0) is 30.3 Å². The molecule has 2 rings (SSSR count). The Hall–Kier alpha value is -2.08. The largest absolute Gasteiger partial charge is 0.504 e. The second-order valence-corrected chi connectivity index (χ2v) is 4.38. The molecule has 0 spiro atoms. The molecule has 0 heterocycles. The number of non-ortho nitro benzene ring substituents is 1. The minimum Gasteiger partial charge on any atom is -0.504 e. The van der Waals surface area contributed by atoms with Crippen LogP contribution in [0.15, 0.2) is 46.9 Å². The molecule has 0 aromatic heterocycles. The Morgan fingerprint density at radius 1 is 1.17 bits per heavy atom. The molecule has 0 saturated heterocycles. The predicted molar refractivity (Wildman–Crippen MR) is 69.0 cm³/mol. The summed E-state index contributed by atoms with van der Waals surface area (Å²) in [5.74, 6) is 0.379. The maximum absolute atomic E-state index is 10.6. The van der Waals surface area contributed by atoms with Gasteiger partial charge in [-0.25, -0.2) is 0 Å². The number of nitrogens with zero attached hydrogens (tertiary/aromatic N) is 1. The fourth-order valence-corrected chi connectivity index (χ4v) is 1.59. The highest BCUT2D eigenvalue weighted by Gasteiger charge is 2.11. The summed E-state index contributed by atoms with van der Waals surface area (Å²) in [4.78, 5) is 10.1. The number of rotatable bonds is 3. The normalized spacial score (nSPS) is 10.1. The summed E-state index contributed by atoms with van der Waals surface area (Å²) >= 11 is 3.28. The minimum absolute atomic E-state index is 0.0477. The number of aromatic hydroxyl groups is 1. The molecular weight excluding hydrogens is 302 g/mol. The molecular formula is C12H8BrNO4. The van der Waals surface area contributed by atoms with Crippen LogP contribution in [-0.4, -0.2) is 10.0 Å². The first-order chi connectivity index (χ1) is 8.56. The molecule has 5 nitrogen and oxygen atoms in total. The van der Waals surface area contributed by atoms with Gasteiger partial charge in [0.05, 0.1) is 11.0 Å². The Morgan fingerprint density at radius 3 is 2.44 bits per heavy atom. The molecule has 0 unspecified atom stereocenters. The standard InChI is InChI=1S/C12H8BrNO4/c13-8-1-4-10(5-2-8)18-12-7-9(14(16)17)3-6-11(12)15/h1-7,15H. The highest BCUT2D eigenvalue weighted by atomic mass is 79.9. The van der Waals surface area contributed by atoms with E-state index in [-0.39, 0.29) is 17.2 Å². The lowest BCUT2D eigenvalue weighted by atomic mass is 10.3. The fourth-order valence-electron chi connectivity index (χ4n) is 1.33. The van der Waals surface area contributed by atoms with Crippen LogP contribution >= 0.6 is 15.9 Å². The van der Waals surface area contributed by atoms with Crippen LogP contribution in [0.3, 0.4) is 0 Å². The van der Waals surface area contributed by atoms with Gasteiger partial charge in [-0.3, -0.25) is 10.1 Å². The SMILES string of the molecule is O=[N+]([O-])c1ccc(O)c(Oc2ccc(Br)cc2)c1. The first-order valence-corrected chi connectivity index (χ1v) is 5.76. The zero-order valence-electron chi connectivity index (χ0n) is 9.04. The molecule has 0 fully saturated rings. The average Bonchev–Trinajstić information content (AvgIpc) is 2.34. The quantitative estimate of drug-likeness (QED) is 0.690. The fraction of sp³-hybridized carbons (Fsp3) is 0. The van der Waals surface area contributed by atoms with Gasteiger partial charge in [-0.2, -0.15) is 0 Å². The van der Waals surface area contributed by atoms with E-state index in [1.165, 1.54) is 18.2 Å². The third-order valence-electron chi connectivity index (χ3n) is 2.20. The molecule has 0 radical (unpaired) electrons. The van der Waals surface area contributed by atoms with E-state index in [1.54, 1.807) is 24.3 Å². The topological polar surface area (TPSA) is 72.6 Å². The van der Waals surface area contributed by atoms with E-state index >= 15 is 0 Å². The minimum atomic E-state index is -0.548. The van der Waals surface area contributed by atoms with Crippen LogP contribution in [-0.2, 0) is 0 Å². The van der Waals surface area contributed by atoms with Crippen molar-refractivity contribution >= 4 is 21.6 Å². The molecule has 0 atom stereocenters. The van der Waals surface area contributed by atoms with Crippen molar-refractivity contribution in [1.29, 1.82) is 0 Å². The Balaban J connectivity index is 2.30. The van der Waals surface area contributed by atoms with Crippen molar-refractivity contribution in [2.75, 3.05) is 0 Å². The number of halogens is 1. The van der Waals surface area contributed by atoms with Gasteiger partial charge in [0, 0.05) is 10.5 Å². The second kappa shape index (κ2) is 5.05. The first kappa shape index (κ1) is 12.4. The van der Waals surface area contributed by atoms with Crippen LogP contribution in [0.5, 0.6) is 17.2 Å².